The van der Waals surface area contributed by atoms with Gasteiger partial charge in [-0.15, -0.1) is 0 Å². The molecule has 0 aliphatic rings. The zero-order valence-electron chi connectivity index (χ0n) is 11.0. The summed E-state index contributed by atoms with van der Waals surface area (Å²) in [6, 6.07) is 32.3. The second-order valence-electron chi connectivity index (χ2n) is 4.34. The van der Waals surface area contributed by atoms with E-state index in [9.17, 15) is 0 Å². The van der Waals surface area contributed by atoms with Gasteiger partial charge < -0.3 is 0 Å². The Morgan fingerprint density at radius 2 is 0.650 bits per heavy atom. The average Bonchev–Trinajstić information content (AvgIpc) is 2.51. The van der Waals surface area contributed by atoms with E-state index in [1.165, 1.54) is 15.9 Å². The van der Waals surface area contributed by atoms with E-state index < -0.39 is 7.92 Å². The molecule has 2 heteroatoms. The van der Waals surface area contributed by atoms with Crippen LogP contribution in [0.1, 0.15) is 0 Å². The standard InChI is InChI=1S/C18H15P.Mo/c1-4-10-16(11-5-1)19(17-12-6-2-7-13-17)18-14-8-3-9-15-18;/h1-15H;. The third-order valence-electron chi connectivity index (χ3n) is 3.04. The molecule has 0 nitrogen and oxygen atoms in total. The summed E-state index contributed by atoms with van der Waals surface area (Å²) in [5.41, 5.74) is 0. The van der Waals surface area contributed by atoms with E-state index in [0.29, 0.717) is 0 Å². The number of benzene rings is 3. The van der Waals surface area contributed by atoms with Gasteiger partial charge in [-0.1, -0.05) is 91.0 Å². The van der Waals surface area contributed by atoms with E-state index in [1.807, 2.05) is 0 Å². The van der Waals surface area contributed by atoms with E-state index >= 15 is 0 Å². The molecule has 0 saturated carbocycles. The fourth-order valence-corrected chi connectivity index (χ4v) is 4.48. The van der Waals surface area contributed by atoms with Gasteiger partial charge in [0.2, 0.25) is 0 Å². The van der Waals surface area contributed by atoms with Crippen LogP contribution in [0.15, 0.2) is 91.0 Å². The van der Waals surface area contributed by atoms with Crippen molar-refractivity contribution in [1.29, 1.82) is 0 Å². The molecule has 0 saturated heterocycles. The summed E-state index contributed by atoms with van der Waals surface area (Å²) in [6.45, 7) is 0. The topological polar surface area (TPSA) is 0 Å². The van der Waals surface area contributed by atoms with Gasteiger partial charge >= 0.3 is 0 Å². The zero-order chi connectivity index (χ0) is 12.9. The minimum absolute atomic E-state index is 0. The summed E-state index contributed by atoms with van der Waals surface area (Å²) in [4.78, 5) is 0. The molecule has 20 heavy (non-hydrogen) atoms. The Bertz CT molecular complexity index is 529. The molecule has 0 radical (unpaired) electrons. The minimum atomic E-state index is -0.446. The summed E-state index contributed by atoms with van der Waals surface area (Å²) in [7, 11) is -0.446. The van der Waals surface area contributed by atoms with Crippen LogP contribution >= 0.6 is 7.92 Å². The second-order valence-corrected chi connectivity index (χ2v) is 6.56. The monoisotopic (exact) mass is 360 g/mol. The smallest absolute Gasteiger partial charge is 0 e. The van der Waals surface area contributed by atoms with Gasteiger partial charge in [0.25, 0.3) is 0 Å². The first-order chi connectivity index (χ1) is 9.45. The van der Waals surface area contributed by atoms with Crippen LogP contribution in [-0.4, -0.2) is 0 Å². The molecule has 0 aliphatic carbocycles. The maximum Gasteiger partial charge on any atom is 0 e. The van der Waals surface area contributed by atoms with Crippen LogP contribution in [-0.2, 0) is 21.1 Å². The second kappa shape index (κ2) is 7.53. The molecule has 0 N–H and O–H groups in total. The predicted molar refractivity (Wildman–Crippen MR) is 85.1 cm³/mol. The SMILES string of the molecule is [Mo].c1ccc(P(c2ccccc2)c2ccccc2)cc1. The Morgan fingerprint density at radius 3 is 0.900 bits per heavy atom. The molecule has 0 bridgehead atoms. The van der Waals surface area contributed by atoms with Crippen molar-refractivity contribution in [3.8, 4) is 0 Å². The first kappa shape index (κ1) is 15.2. The van der Waals surface area contributed by atoms with Crippen LogP contribution in [0.4, 0.5) is 0 Å². The molecule has 3 aromatic carbocycles. The molecular weight excluding hydrogens is 343 g/mol. The average molecular weight is 358 g/mol. The van der Waals surface area contributed by atoms with Gasteiger partial charge in [-0.05, 0) is 23.8 Å². The molecule has 3 rings (SSSR count). The molecule has 0 spiro atoms. The number of hydrogen-bond donors (Lipinski definition) is 0. The zero-order valence-corrected chi connectivity index (χ0v) is 13.9. The van der Waals surface area contributed by atoms with Gasteiger partial charge in [-0.25, -0.2) is 0 Å². The predicted octanol–water partition coefficient (Wildman–Crippen LogP) is 3.44. The molecule has 0 unspecified atom stereocenters. The van der Waals surface area contributed by atoms with Crippen LogP contribution < -0.4 is 15.9 Å². The normalized spacial score (nSPS) is 10.1. The summed E-state index contributed by atoms with van der Waals surface area (Å²) < 4.78 is 0. The van der Waals surface area contributed by atoms with Gasteiger partial charge in [-0.3, -0.25) is 0 Å². The van der Waals surface area contributed by atoms with Crippen LogP contribution in [0, 0.1) is 0 Å². The third kappa shape index (κ3) is 3.45. The van der Waals surface area contributed by atoms with Crippen molar-refractivity contribution in [2.24, 2.45) is 0 Å². The molecular formula is C18H15MoP. The van der Waals surface area contributed by atoms with Gasteiger partial charge in [0, 0.05) is 21.1 Å². The van der Waals surface area contributed by atoms with Gasteiger partial charge in [0.15, 0.2) is 0 Å². The third-order valence-corrected chi connectivity index (χ3v) is 5.49. The Labute approximate surface area is 135 Å². The molecule has 0 amide bonds. The molecule has 0 fully saturated rings. The quantitative estimate of drug-likeness (QED) is 0.497. The van der Waals surface area contributed by atoms with E-state index in [1.54, 1.807) is 0 Å². The summed E-state index contributed by atoms with van der Waals surface area (Å²) in [5, 5.41) is 4.19. The van der Waals surface area contributed by atoms with Crippen molar-refractivity contribution in [1.82, 2.24) is 0 Å². The number of rotatable bonds is 3. The molecule has 0 atom stereocenters. The molecule has 0 aliphatic heterocycles. The van der Waals surface area contributed by atoms with Crippen LogP contribution in [0.2, 0.25) is 0 Å². The van der Waals surface area contributed by atoms with E-state index in [-0.39, 0.29) is 21.1 Å². The molecule has 98 valence electrons. The van der Waals surface area contributed by atoms with Crippen molar-refractivity contribution in [2.45, 2.75) is 0 Å². The van der Waals surface area contributed by atoms with E-state index in [4.69, 9.17) is 0 Å². The van der Waals surface area contributed by atoms with Crippen LogP contribution in [0.3, 0.4) is 0 Å². The fourth-order valence-electron chi connectivity index (χ4n) is 2.18. The molecule has 3 aromatic rings. The Morgan fingerprint density at radius 1 is 0.400 bits per heavy atom. The fraction of sp³-hybridized carbons (Fsp3) is 0. The van der Waals surface area contributed by atoms with Crippen molar-refractivity contribution in [3.63, 3.8) is 0 Å². The maximum atomic E-state index is 2.23. The number of hydrogen-bond acceptors (Lipinski definition) is 0. The van der Waals surface area contributed by atoms with Crippen LogP contribution in [0.25, 0.3) is 0 Å². The Kier molecular flexibility index (Phi) is 5.71. The maximum absolute atomic E-state index is 2.23. The molecule has 0 aromatic heterocycles. The summed E-state index contributed by atoms with van der Waals surface area (Å²) in [6.07, 6.45) is 0. The molecule has 0 heterocycles. The van der Waals surface area contributed by atoms with Crippen molar-refractivity contribution in [2.75, 3.05) is 0 Å². The minimum Gasteiger partial charge on any atom is -0.0622 e. The largest absolute Gasteiger partial charge is 0.0622 e. The Balaban J connectivity index is 0.00000147. The van der Waals surface area contributed by atoms with Crippen molar-refractivity contribution in [3.05, 3.63) is 91.0 Å². The van der Waals surface area contributed by atoms with E-state index in [2.05, 4.69) is 91.0 Å². The van der Waals surface area contributed by atoms with E-state index in [0.717, 1.165) is 0 Å². The van der Waals surface area contributed by atoms with Crippen LogP contribution in [0.5, 0.6) is 0 Å². The van der Waals surface area contributed by atoms with Gasteiger partial charge in [0.1, 0.15) is 0 Å². The van der Waals surface area contributed by atoms with Crippen molar-refractivity contribution < 1.29 is 21.1 Å². The Hall–Kier alpha value is -1.22. The van der Waals surface area contributed by atoms with Gasteiger partial charge in [0.05, 0.1) is 0 Å². The van der Waals surface area contributed by atoms with Crippen molar-refractivity contribution >= 4 is 23.8 Å². The summed E-state index contributed by atoms with van der Waals surface area (Å²) in [5.74, 6) is 0. The first-order valence-electron chi connectivity index (χ1n) is 6.40. The first-order valence-corrected chi connectivity index (χ1v) is 7.74. The summed E-state index contributed by atoms with van der Waals surface area (Å²) >= 11 is 0. The van der Waals surface area contributed by atoms with Gasteiger partial charge in [-0.2, -0.15) is 0 Å².